The van der Waals surface area contributed by atoms with E-state index in [0.29, 0.717) is 36.9 Å². The highest BCUT2D eigenvalue weighted by molar-refractivity contribution is 7.89. The summed E-state index contributed by atoms with van der Waals surface area (Å²) >= 11 is 1.47. The number of amides is 1. The zero-order chi connectivity index (χ0) is 19.6. The molecule has 1 amide bonds. The number of hydrogen-bond acceptors (Lipinski definition) is 5. The maximum Gasteiger partial charge on any atom is 0.265 e. The standard InChI is InChI=1S/C19H24N2O4S2/c1-4-17-14(3)11-18(26-17)19(22)20-16-12-15(6-5-13(16)2)27(23,24)21-7-9-25-10-8-21/h5-6,11-12H,4,7-10H2,1-3H3,(H,20,22). The number of carbonyl (C=O) groups excluding carboxylic acids is 1. The largest absolute Gasteiger partial charge is 0.379 e. The number of rotatable bonds is 5. The molecule has 146 valence electrons. The molecule has 1 aliphatic rings. The number of aryl methyl sites for hydroxylation is 3. The molecule has 1 N–H and O–H groups in total. The van der Waals surface area contributed by atoms with Crippen LogP contribution in [0, 0.1) is 13.8 Å². The van der Waals surface area contributed by atoms with Crippen molar-refractivity contribution in [1.29, 1.82) is 0 Å². The molecule has 0 saturated carbocycles. The molecule has 8 heteroatoms. The Morgan fingerprint density at radius 1 is 1.19 bits per heavy atom. The van der Waals surface area contributed by atoms with Gasteiger partial charge in [-0.2, -0.15) is 4.31 Å². The molecular formula is C19H24N2O4S2. The van der Waals surface area contributed by atoms with Gasteiger partial charge in [0.25, 0.3) is 5.91 Å². The molecule has 3 rings (SSSR count). The number of hydrogen-bond donors (Lipinski definition) is 1. The first-order valence-corrected chi connectivity index (χ1v) is 11.2. The predicted molar refractivity (Wildman–Crippen MR) is 107 cm³/mol. The molecule has 1 fully saturated rings. The van der Waals surface area contributed by atoms with Crippen molar-refractivity contribution in [2.24, 2.45) is 0 Å². The first-order chi connectivity index (χ1) is 12.8. The highest BCUT2D eigenvalue weighted by Crippen LogP contribution is 2.26. The van der Waals surface area contributed by atoms with Crippen molar-refractivity contribution in [3.63, 3.8) is 0 Å². The second kappa shape index (κ2) is 8.10. The van der Waals surface area contributed by atoms with Crippen LogP contribution in [0.1, 0.15) is 32.6 Å². The fraction of sp³-hybridized carbons (Fsp3) is 0.421. The monoisotopic (exact) mass is 408 g/mol. The molecular weight excluding hydrogens is 384 g/mol. The predicted octanol–water partition coefficient (Wildman–Crippen LogP) is 3.20. The van der Waals surface area contributed by atoms with Crippen molar-refractivity contribution in [3.05, 3.63) is 45.1 Å². The van der Waals surface area contributed by atoms with Gasteiger partial charge in [0.1, 0.15) is 0 Å². The summed E-state index contributed by atoms with van der Waals surface area (Å²) in [7, 11) is -3.60. The molecule has 2 heterocycles. The van der Waals surface area contributed by atoms with E-state index in [9.17, 15) is 13.2 Å². The number of carbonyl (C=O) groups is 1. The Hall–Kier alpha value is -1.74. The minimum absolute atomic E-state index is 0.182. The molecule has 1 aromatic carbocycles. The maximum atomic E-state index is 12.9. The van der Waals surface area contributed by atoms with E-state index in [0.717, 1.165) is 17.5 Å². The molecule has 0 atom stereocenters. The summed E-state index contributed by atoms with van der Waals surface area (Å²) in [6.45, 7) is 7.37. The summed E-state index contributed by atoms with van der Waals surface area (Å²) in [4.78, 5) is 14.6. The van der Waals surface area contributed by atoms with E-state index in [-0.39, 0.29) is 10.8 Å². The van der Waals surface area contributed by atoms with Crippen LogP contribution < -0.4 is 5.32 Å². The third-order valence-corrected chi connectivity index (χ3v) is 7.91. The molecule has 2 aromatic rings. The van der Waals surface area contributed by atoms with Gasteiger partial charge < -0.3 is 10.1 Å². The van der Waals surface area contributed by atoms with Gasteiger partial charge in [0, 0.05) is 23.7 Å². The van der Waals surface area contributed by atoms with Gasteiger partial charge in [0.2, 0.25) is 10.0 Å². The van der Waals surface area contributed by atoms with Crippen LogP contribution in [-0.2, 0) is 21.2 Å². The van der Waals surface area contributed by atoms with E-state index in [4.69, 9.17) is 4.74 Å². The first-order valence-electron chi connectivity index (χ1n) is 8.92. The van der Waals surface area contributed by atoms with E-state index in [2.05, 4.69) is 12.2 Å². The van der Waals surface area contributed by atoms with Gasteiger partial charge >= 0.3 is 0 Å². The van der Waals surface area contributed by atoms with Crippen molar-refractivity contribution in [2.45, 2.75) is 32.1 Å². The number of nitrogens with zero attached hydrogens (tertiary/aromatic N) is 1. The summed E-state index contributed by atoms with van der Waals surface area (Å²) in [5, 5.41) is 2.87. The van der Waals surface area contributed by atoms with Gasteiger partial charge in [-0.3, -0.25) is 4.79 Å². The number of benzene rings is 1. The third-order valence-electron chi connectivity index (χ3n) is 4.63. The molecule has 1 aromatic heterocycles. The van der Waals surface area contributed by atoms with Crippen molar-refractivity contribution in [3.8, 4) is 0 Å². The normalized spacial score (nSPS) is 15.7. The van der Waals surface area contributed by atoms with Crippen LogP contribution >= 0.6 is 11.3 Å². The Morgan fingerprint density at radius 3 is 2.52 bits per heavy atom. The van der Waals surface area contributed by atoms with Gasteiger partial charge in [0.05, 0.1) is 23.0 Å². The lowest BCUT2D eigenvalue weighted by Gasteiger charge is -2.26. The molecule has 6 nitrogen and oxygen atoms in total. The highest BCUT2D eigenvalue weighted by Gasteiger charge is 2.27. The zero-order valence-electron chi connectivity index (χ0n) is 15.7. The van der Waals surface area contributed by atoms with Crippen LogP contribution in [0.4, 0.5) is 5.69 Å². The van der Waals surface area contributed by atoms with Crippen molar-refractivity contribution in [2.75, 3.05) is 31.6 Å². The second-order valence-corrected chi connectivity index (χ2v) is 9.59. The quantitative estimate of drug-likeness (QED) is 0.824. The van der Waals surface area contributed by atoms with Crippen molar-refractivity contribution >= 4 is 33.0 Å². The molecule has 1 aliphatic heterocycles. The topological polar surface area (TPSA) is 75.7 Å². The molecule has 0 radical (unpaired) electrons. The van der Waals surface area contributed by atoms with E-state index in [1.165, 1.54) is 20.5 Å². The third kappa shape index (κ3) is 4.24. The van der Waals surface area contributed by atoms with Gasteiger partial charge in [-0.05, 0) is 49.6 Å². The Morgan fingerprint density at radius 2 is 1.89 bits per heavy atom. The average molecular weight is 409 g/mol. The van der Waals surface area contributed by atoms with Crippen LogP contribution in [0.5, 0.6) is 0 Å². The van der Waals surface area contributed by atoms with E-state index in [1.807, 2.05) is 19.9 Å². The maximum absolute atomic E-state index is 12.9. The van der Waals surface area contributed by atoms with Gasteiger partial charge in [-0.15, -0.1) is 11.3 Å². The Balaban J connectivity index is 1.85. The molecule has 0 spiro atoms. The smallest absolute Gasteiger partial charge is 0.265 e. The van der Waals surface area contributed by atoms with Crippen LogP contribution in [0.2, 0.25) is 0 Å². The summed E-state index contributed by atoms with van der Waals surface area (Å²) < 4.78 is 32.4. The fourth-order valence-electron chi connectivity index (χ4n) is 3.00. The van der Waals surface area contributed by atoms with Crippen LogP contribution in [0.25, 0.3) is 0 Å². The summed E-state index contributed by atoms with van der Waals surface area (Å²) in [6.07, 6.45) is 0.885. The summed E-state index contributed by atoms with van der Waals surface area (Å²) in [6, 6.07) is 6.72. The lowest BCUT2D eigenvalue weighted by Crippen LogP contribution is -2.40. The molecule has 0 unspecified atom stereocenters. The molecule has 27 heavy (non-hydrogen) atoms. The minimum atomic E-state index is -3.60. The SMILES string of the molecule is CCc1sc(C(=O)Nc2cc(S(=O)(=O)N3CCOCC3)ccc2C)cc1C. The van der Waals surface area contributed by atoms with E-state index in [1.54, 1.807) is 18.2 Å². The minimum Gasteiger partial charge on any atom is -0.379 e. The first kappa shape index (κ1) is 20.0. The molecule has 1 saturated heterocycles. The number of anilines is 1. The van der Waals surface area contributed by atoms with Gasteiger partial charge in [-0.1, -0.05) is 13.0 Å². The second-order valence-electron chi connectivity index (χ2n) is 6.52. The number of nitrogens with one attached hydrogen (secondary N) is 1. The van der Waals surface area contributed by atoms with Crippen LogP contribution in [0.3, 0.4) is 0 Å². The van der Waals surface area contributed by atoms with Crippen molar-refractivity contribution < 1.29 is 17.9 Å². The van der Waals surface area contributed by atoms with Crippen LogP contribution in [-0.4, -0.2) is 44.9 Å². The Bertz CT molecular complexity index is 945. The molecule has 0 aliphatic carbocycles. The average Bonchev–Trinajstić information content (AvgIpc) is 3.05. The van der Waals surface area contributed by atoms with E-state index < -0.39 is 10.0 Å². The van der Waals surface area contributed by atoms with Crippen molar-refractivity contribution in [1.82, 2.24) is 4.31 Å². The number of thiophene rings is 1. The fourth-order valence-corrected chi connectivity index (χ4v) is 5.44. The highest BCUT2D eigenvalue weighted by atomic mass is 32.2. The molecule has 0 bridgehead atoms. The number of ether oxygens (including phenoxy) is 1. The van der Waals surface area contributed by atoms with E-state index >= 15 is 0 Å². The van der Waals surface area contributed by atoms with Gasteiger partial charge in [-0.25, -0.2) is 8.42 Å². The number of morpholine rings is 1. The number of sulfonamides is 1. The lowest BCUT2D eigenvalue weighted by molar-refractivity contribution is 0.0730. The summed E-state index contributed by atoms with van der Waals surface area (Å²) in [5.41, 5.74) is 2.43. The van der Waals surface area contributed by atoms with Gasteiger partial charge in [0.15, 0.2) is 0 Å². The lowest BCUT2D eigenvalue weighted by atomic mass is 10.2. The van der Waals surface area contributed by atoms with Crippen LogP contribution in [0.15, 0.2) is 29.2 Å². The Kier molecular flexibility index (Phi) is 6.00. The summed E-state index contributed by atoms with van der Waals surface area (Å²) in [5.74, 6) is -0.216. The Labute approximate surface area is 164 Å². The zero-order valence-corrected chi connectivity index (χ0v) is 17.4.